The average molecular weight is 347 g/mol. The van der Waals surface area contributed by atoms with Crippen LogP contribution in [0.1, 0.15) is 23.5 Å². The highest BCUT2D eigenvalue weighted by molar-refractivity contribution is 7.21. The molecule has 3 rings (SSSR count). The van der Waals surface area contributed by atoms with Gasteiger partial charge in [-0.1, -0.05) is 18.3 Å². The van der Waals surface area contributed by atoms with Gasteiger partial charge < -0.3 is 4.90 Å². The third-order valence-corrected chi connectivity index (χ3v) is 5.26. The average Bonchev–Trinajstić information content (AvgIpc) is 3.15. The largest absolute Gasteiger partial charge is 0.327 e. The molecule has 8 heteroatoms. The van der Waals surface area contributed by atoms with Crippen molar-refractivity contribution in [3.05, 3.63) is 34.4 Å². The lowest BCUT2D eigenvalue weighted by molar-refractivity contribution is 0.220. The molecule has 0 aromatic carbocycles. The number of likely N-dealkylation sites (N-methyl/N-ethyl adjacent to an activating group) is 1. The zero-order valence-electron chi connectivity index (χ0n) is 13.1. The minimum absolute atomic E-state index is 0.177. The van der Waals surface area contributed by atoms with Crippen LogP contribution < -0.4 is 5.32 Å². The predicted octanol–water partition coefficient (Wildman–Crippen LogP) is 3.72. The van der Waals surface area contributed by atoms with E-state index in [2.05, 4.69) is 27.2 Å². The van der Waals surface area contributed by atoms with Gasteiger partial charge in [0.05, 0.1) is 5.01 Å². The monoisotopic (exact) mass is 347 g/mol. The molecule has 0 spiro atoms. The first-order chi connectivity index (χ1) is 11.0. The van der Waals surface area contributed by atoms with E-state index in [-0.39, 0.29) is 11.9 Å². The Balaban J connectivity index is 1.65. The Hall–Kier alpha value is -2.06. The summed E-state index contributed by atoms with van der Waals surface area (Å²) in [5.74, 6) is 0.199. The number of carbonyl (C=O) groups excluding carboxylic acids is 1. The number of pyridine rings is 1. The third-order valence-electron chi connectivity index (χ3n) is 3.38. The van der Waals surface area contributed by atoms with E-state index in [4.69, 9.17) is 0 Å². The first-order valence-corrected chi connectivity index (χ1v) is 8.88. The molecule has 120 valence electrons. The number of nitrogens with zero attached hydrogens (tertiary/aromatic N) is 4. The van der Waals surface area contributed by atoms with Crippen molar-refractivity contribution in [1.82, 2.24) is 19.9 Å². The van der Waals surface area contributed by atoms with E-state index in [0.717, 1.165) is 21.0 Å². The second-order valence-corrected chi connectivity index (χ2v) is 7.28. The number of carbonyl (C=O) groups is 1. The van der Waals surface area contributed by atoms with Crippen molar-refractivity contribution in [3.63, 3.8) is 0 Å². The van der Waals surface area contributed by atoms with Crippen LogP contribution >= 0.6 is 22.7 Å². The fourth-order valence-electron chi connectivity index (χ4n) is 2.20. The lowest BCUT2D eigenvalue weighted by Gasteiger charge is -2.20. The number of hydrogen-bond acceptors (Lipinski definition) is 6. The molecule has 0 bridgehead atoms. The summed E-state index contributed by atoms with van der Waals surface area (Å²) >= 11 is 2.99. The molecule has 0 saturated heterocycles. The lowest BCUT2D eigenvalue weighted by atomic mass is 10.2. The van der Waals surface area contributed by atoms with Crippen molar-refractivity contribution >= 4 is 44.2 Å². The summed E-state index contributed by atoms with van der Waals surface area (Å²) in [6.45, 7) is 4.60. The van der Waals surface area contributed by atoms with Crippen molar-refractivity contribution in [2.45, 2.75) is 19.8 Å². The molecule has 3 heterocycles. The van der Waals surface area contributed by atoms with E-state index < -0.39 is 0 Å². The maximum atomic E-state index is 12.3. The number of aryl methyl sites for hydroxylation is 1. The molecule has 1 atom stereocenters. The Labute approximate surface area is 142 Å². The molecule has 3 aromatic heterocycles. The molecular formula is C15H17N5OS2. The summed E-state index contributed by atoms with van der Waals surface area (Å²) in [7, 11) is 1.77. The molecule has 0 saturated carbocycles. The Morgan fingerprint density at radius 1 is 1.39 bits per heavy atom. The Morgan fingerprint density at radius 2 is 2.22 bits per heavy atom. The van der Waals surface area contributed by atoms with E-state index in [1.807, 2.05) is 24.4 Å². The molecule has 0 aliphatic heterocycles. The molecule has 2 amide bonds. The van der Waals surface area contributed by atoms with Gasteiger partial charge in [0, 0.05) is 36.8 Å². The van der Waals surface area contributed by atoms with E-state index >= 15 is 0 Å². The number of anilines is 1. The molecule has 0 fully saturated rings. The van der Waals surface area contributed by atoms with Gasteiger partial charge in [-0.25, -0.2) is 19.7 Å². The molecule has 1 N–H and O–H groups in total. The first-order valence-electron chi connectivity index (χ1n) is 7.18. The molecule has 0 aliphatic carbocycles. The second-order valence-electron chi connectivity index (χ2n) is 5.38. The van der Waals surface area contributed by atoms with E-state index in [1.165, 1.54) is 11.3 Å². The van der Waals surface area contributed by atoms with Crippen molar-refractivity contribution in [1.29, 1.82) is 0 Å². The topological polar surface area (TPSA) is 71.0 Å². The first kappa shape index (κ1) is 15.8. The van der Waals surface area contributed by atoms with Gasteiger partial charge >= 0.3 is 6.03 Å². The van der Waals surface area contributed by atoms with Gasteiger partial charge in [0.25, 0.3) is 0 Å². The summed E-state index contributed by atoms with van der Waals surface area (Å²) in [6.07, 6.45) is 1.78. The van der Waals surface area contributed by atoms with Crippen molar-refractivity contribution in [2.75, 3.05) is 18.9 Å². The van der Waals surface area contributed by atoms with Gasteiger partial charge in [0.2, 0.25) is 0 Å². The van der Waals surface area contributed by atoms with Gasteiger partial charge in [0.15, 0.2) is 5.13 Å². The van der Waals surface area contributed by atoms with Crippen LogP contribution in [0.2, 0.25) is 0 Å². The van der Waals surface area contributed by atoms with Gasteiger partial charge in [-0.2, -0.15) is 0 Å². The van der Waals surface area contributed by atoms with Gasteiger partial charge in [-0.15, -0.1) is 11.3 Å². The maximum Gasteiger partial charge on any atom is 0.323 e. The zero-order valence-corrected chi connectivity index (χ0v) is 14.7. The van der Waals surface area contributed by atoms with Crippen LogP contribution in [-0.4, -0.2) is 39.5 Å². The van der Waals surface area contributed by atoms with Crippen molar-refractivity contribution in [2.24, 2.45) is 0 Å². The SMILES string of the molecule is Cc1ccc2nc(NC(=O)N(C)C[C@H](C)c3nccs3)sc2n1. The maximum absolute atomic E-state index is 12.3. The molecule has 0 aliphatic rings. The van der Waals surface area contributed by atoms with E-state index in [1.54, 1.807) is 29.5 Å². The Morgan fingerprint density at radius 3 is 2.96 bits per heavy atom. The number of thiazole rings is 2. The van der Waals surface area contributed by atoms with Crippen LogP contribution in [0.4, 0.5) is 9.93 Å². The summed E-state index contributed by atoms with van der Waals surface area (Å²) in [5.41, 5.74) is 1.74. The number of hydrogen-bond donors (Lipinski definition) is 1. The fourth-order valence-corrected chi connectivity index (χ4v) is 3.76. The van der Waals surface area contributed by atoms with Gasteiger partial charge in [0.1, 0.15) is 10.3 Å². The number of amides is 2. The number of aromatic nitrogens is 3. The number of fused-ring (bicyclic) bond motifs is 1. The highest BCUT2D eigenvalue weighted by Crippen LogP contribution is 2.25. The fraction of sp³-hybridized carbons (Fsp3) is 0.333. The zero-order chi connectivity index (χ0) is 16.4. The van der Waals surface area contributed by atoms with Crippen LogP contribution in [0.15, 0.2) is 23.7 Å². The summed E-state index contributed by atoms with van der Waals surface area (Å²) < 4.78 is 0. The summed E-state index contributed by atoms with van der Waals surface area (Å²) in [4.78, 5) is 27.9. The number of urea groups is 1. The van der Waals surface area contributed by atoms with E-state index in [9.17, 15) is 4.79 Å². The lowest BCUT2D eigenvalue weighted by Crippen LogP contribution is -2.34. The molecule has 0 radical (unpaired) electrons. The molecule has 23 heavy (non-hydrogen) atoms. The summed E-state index contributed by atoms with van der Waals surface area (Å²) in [5, 5.41) is 6.38. The smallest absolute Gasteiger partial charge is 0.323 e. The van der Waals surface area contributed by atoms with Crippen LogP contribution in [0.25, 0.3) is 10.3 Å². The van der Waals surface area contributed by atoms with Crippen LogP contribution in [0.3, 0.4) is 0 Å². The third kappa shape index (κ3) is 3.65. The molecule has 0 unspecified atom stereocenters. The van der Waals surface area contributed by atoms with Crippen molar-refractivity contribution in [3.8, 4) is 0 Å². The second kappa shape index (κ2) is 6.59. The predicted molar refractivity (Wildman–Crippen MR) is 94.3 cm³/mol. The minimum atomic E-state index is -0.177. The normalized spacial score (nSPS) is 12.3. The highest BCUT2D eigenvalue weighted by Gasteiger charge is 2.17. The van der Waals surface area contributed by atoms with Gasteiger partial charge in [-0.3, -0.25) is 5.32 Å². The standard InChI is InChI=1S/C15H17N5OS2/c1-9(12-16-6-7-22-12)8-20(3)15(21)19-14-18-11-5-4-10(2)17-13(11)23-14/h4-7,9H,8H2,1-3H3,(H,18,19,21)/t9-/m0/s1. The Bertz CT molecular complexity index is 815. The van der Waals surface area contributed by atoms with Crippen LogP contribution in [-0.2, 0) is 0 Å². The van der Waals surface area contributed by atoms with Crippen LogP contribution in [0.5, 0.6) is 0 Å². The number of rotatable bonds is 4. The van der Waals surface area contributed by atoms with Crippen LogP contribution in [0, 0.1) is 6.92 Å². The molecule has 6 nitrogen and oxygen atoms in total. The number of nitrogens with one attached hydrogen (secondary N) is 1. The van der Waals surface area contributed by atoms with E-state index in [0.29, 0.717) is 11.7 Å². The van der Waals surface area contributed by atoms with Gasteiger partial charge in [-0.05, 0) is 19.1 Å². The Kier molecular flexibility index (Phi) is 4.53. The summed E-state index contributed by atoms with van der Waals surface area (Å²) in [6, 6.07) is 3.65. The van der Waals surface area contributed by atoms with Crippen molar-refractivity contribution < 1.29 is 4.79 Å². The quantitative estimate of drug-likeness (QED) is 0.781. The minimum Gasteiger partial charge on any atom is -0.327 e. The highest BCUT2D eigenvalue weighted by atomic mass is 32.1. The molecular weight excluding hydrogens is 330 g/mol. The molecule has 3 aromatic rings.